The van der Waals surface area contributed by atoms with Crippen LogP contribution in [0.5, 0.6) is 0 Å². The third-order valence-electron chi connectivity index (χ3n) is 6.04. The summed E-state index contributed by atoms with van der Waals surface area (Å²) in [4.78, 5) is 27.8. The van der Waals surface area contributed by atoms with E-state index in [2.05, 4.69) is 30.8 Å². The van der Waals surface area contributed by atoms with Gasteiger partial charge in [0.15, 0.2) is 5.82 Å². The van der Waals surface area contributed by atoms with Gasteiger partial charge in [0.25, 0.3) is 0 Å². The van der Waals surface area contributed by atoms with Gasteiger partial charge in [-0.3, -0.25) is 14.3 Å². The van der Waals surface area contributed by atoms with Gasteiger partial charge in [-0.15, -0.1) is 11.6 Å². The second-order valence-electron chi connectivity index (χ2n) is 8.55. The molecule has 0 radical (unpaired) electrons. The summed E-state index contributed by atoms with van der Waals surface area (Å²) in [6.07, 6.45) is 5.90. The number of amides is 1. The first-order chi connectivity index (χ1) is 16.5. The largest absolute Gasteiger partial charge is 0.327 e. The number of halogens is 2. The van der Waals surface area contributed by atoms with Crippen molar-refractivity contribution in [2.45, 2.75) is 36.6 Å². The molecule has 1 saturated carbocycles. The number of hydrogen-bond acceptors (Lipinski definition) is 7. The first-order valence-corrected chi connectivity index (χ1v) is 11.5. The van der Waals surface area contributed by atoms with Crippen LogP contribution in [0.15, 0.2) is 42.7 Å². The molecule has 6 rings (SSSR count). The van der Waals surface area contributed by atoms with Crippen LogP contribution >= 0.6 is 11.6 Å². The van der Waals surface area contributed by atoms with E-state index in [0.29, 0.717) is 47.9 Å². The number of aromatic nitrogens is 6. The van der Waals surface area contributed by atoms with Crippen LogP contribution in [-0.4, -0.2) is 53.4 Å². The van der Waals surface area contributed by atoms with E-state index in [1.807, 2.05) is 28.8 Å². The highest BCUT2D eigenvalue weighted by Crippen LogP contribution is 2.39. The van der Waals surface area contributed by atoms with E-state index in [-0.39, 0.29) is 11.3 Å². The summed E-state index contributed by atoms with van der Waals surface area (Å²) in [5.41, 5.74) is 2.18. The van der Waals surface area contributed by atoms with Crippen molar-refractivity contribution in [3.63, 3.8) is 0 Å². The Morgan fingerprint density at radius 1 is 1.24 bits per heavy atom. The maximum absolute atomic E-state index is 13.1. The van der Waals surface area contributed by atoms with Gasteiger partial charge in [0.05, 0.1) is 17.3 Å². The number of rotatable bonds is 6. The summed E-state index contributed by atoms with van der Waals surface area (Å²) in [5, 5.41) is 13.2. The van der Waals surface area contributed by atoms with Crippen LogP contribution in [0.1, 0.15) is 30.9 Å². The van der Waals surface area contributed by atoms with Gasteiger partial charge in [-0.25, -0.2) is 4.98 Å². The molecule has 1 saturated heterocycles. The van der Waals surface area contributed by atoms with Gasteiger partial charge < -0.3 is 15.5 Å². The van der Waals surface area contributed by atoms with Crippen molar-refractivity contribution in [2.75, 3.05) is 22.1 Å². The second-order valence-corrected chi connectivity index (χ2v) is 9.17. The number of hydrogen-bond donors (Lipinski definition) is 3. The number of carbonyl (C=O) groups excluding carboxylic acids is 1. The average molecular weight is 482 g/mol. The lowest BCUT2D eigenvalue weighted by Crippen LogP contribution is -2.40. The minimum absolute atomic E-state index is 0.252. The molecule has 3 N–H and O–H groups in total. The smallest absolute Gasteiger partial charge is 0.247 e. The van der Waals surface area contributed by atoms with Crippen LogP contribution in [0, 0.1) is 5.95 Å². The summed E-state index contributed by atoms with van der Waals surface area (Å²) in [7, 11) is 0. The van der Waals surface area contributed by atoms with Gasteiger partial charge in [-0.1, -0.05) is 0 Å². The van der Waals surface area contributed by atoms with Crippen molar-refractivity contribution in [1.82, 2.24) is 29.5 Å². The Kier molecular flexibility index (Phi) is 5.05. The average Bonchev–Trinajstić information content (AvgIpc) is 3.20. The fraction of sp³-hybridized carbons (Fsp3) is 0.318. The van der Waals surface area contributed by atoms with Crippen LogP contribution in [0.25, 0.3) is 5.65 Å². The summed E-state index contributed by atoms with van der Waals surface area (Å²) in [5.74, 6) is 1.22. The maximum Gasteiger partial charge on any atom is 0.247 e. The van der Waals surface area contributed by atoms with Crippen molar-refractivity contribution in [1.29, 1.82) is 0 Å². The Labute approximate surface area is 198 Å². The predicted octanol–water partition coefficient (Wildman–Crippen LogP) is 3.43. The first-order valence-electron chi connectivity index (χ1n) is 11.0. The monoisotopic (exact) mass is 481 g/mol. The number of carbonyl (C=O) groups is 1. The molecule has 174 valence electrons. The fourth-order valence-electron chi connectivity index (χ4n) is 4.18. The third-order valence-corrected chi connectivity index (χ3v) is 6.35. The second kappa shape index (κ2) is 8.24. The van der Waals surface area contributed by atoms with E-state index in [9.17, 15) is 9.18 Å². The Bertz CT molecular complexity index is 1350. The minimum Gasteiger partial charge on any atom is -0.327 e. The number of fused-ring (bicyclic) bond motifs is 1. The van der Waals surface area contributed by atoms with Gasteiger partial charge in [-0.2, -0.15) is 19.5 Å². The number of alkyl halides is 1. The third kappa shape index (κ3) is 4.03. The first kappa shape index (κ1) is 20.8. The van der Waals surface area contributed by atoms with E-state index in [1.165, 1.54) is 31.2 Å². The maximum atomic E-state index is 13.1. The normalized spacial score (nSPS) is 20.1. The predicted molar refractivity (Wildman–Crippen MR) is 125 cm³/mol. The Balaban J connectivity index is 1.29. The molecule has 0 bridgehead atoms. The van der Waals surface area contributed by atoms with Crippen LogP contribution in [0.4, 0.5) is 27.8 Å². The van der Waals surface area contributed by atoms with Gasteiger partial charge in [0, 0.05) is 30.4 Å². The highest BCUT2D eigenvalue weighted by Gasteiger charge is 2.38. The van der Waals surface area contributed by atoms with Crippen molar-refractivity contribution in [2.24, 2.45) is 0 Å². The molecule has 0 unspecified atom stereocenters. The Morgan fingerprint density at radius 3 is 2.91 bits per heavy atom. The molecule has 2 aliphatic rings. The topological polar surface area (TPSA) is 116 Å². The lowest BCUT2D eigenvalue weighted by molar-refractivity contribution is -0.117. The zero-order valence-corrected chi connectivity index (χ0v) is 18.7. The van der Waals surface area contributed by atoms with E-state index in [0.717, 1.165) is 5.69 Å². The van der Waals surface area contributed by atoms with Crippen molar-refractivity contribution >= 4 is 46.6 Å². The number of aromatic amines is 1. The van der Waals surface area contributed by atoms with E-state index >= 15 is 0 Å². The van der Waals surface area contributed by atoms with Gasteiger partial charge in [0.1, 0.15) is 11.7 Å². The molecule has 5 heterocycles. The van der Waals surface area contributed by atoms with Crippen LogP contribution in [-0.2, 0) is 4.79 Å². The molecule has 34 heavy (non-hydrogen) atoms. The highest BCUT2D eigenvalue weighted by atomic mass is 35.5. The van der Waals surface area contributed by atoms with Crippen molar-refractivity contribution < 1.29 is 9.18 Å². The molecule has 4 aromatic heterocycles. The summed E-state index contributed by atoms with van der Waals surface area (Å²) in [6, 6.07) is 7.79. The zero-order chi connectivity index (χ0) is 23.2. The molecular formula is C22H21ClFN9O. The highest BCUT2D eigenvalue weighted by molar-refractivity contribution is 6.21. The Hall–Kier alpha value is -3.73. The lowest BCUT2D eigenvalue weighted by atomic mass is 10.2. The molecule has 1 amide bonds. The minimum atomic E-state index is -0.614. The number of pyridine rings is 1. The van der Waals surface area contributed by atoms with Crippen molar-refractivity contribution in [3.05, 3.63) is 54.4 Å². The number of nitrogens with zero attached hydrogens (tertiary/aromatic N) is 6. The summed E-state index contributed by atoms with van der Waals surface area (Å²) in [6.45, 7) is 0.409. The molecule has 4 aromatic rings. The van der Waals surface area contributed by atoms with Crippen LogP contribution in [0.2, 0.25) is 0 Å². The molecule has 0 aromatic carbocycles. The zero-order valence-electron chi connectivity index (χ0n) is 17.9. The number of anilines is 4. The molecule has 1 aliphatic heterocycles. The van der Waals surface area contributed by atoms with Crippen LogP contribution in [0.3, 0.4) is 0 Å². The fourth-order valence-corrected chi connectivity index (χ4v) is 4.50. The molecule has 10 nitrogen and oxygen atoms in total. The molecule has 12 heteroatoms. The summed E-state index contributed by atoms with van der Waals surface area (Å²) < 4.78 is 14.9. The molecular weight excluding hydrogens is 461 g/mol. The van der Waals surface area contributed by atoms with Gasteiger partial charge in [0.2, 0.25) is 23.8 Å². The summed E-state index contributed by atoms with van der Waals surface area (Å²) >= 11 is 6.45. The molecule has 2 atom stereocenters. The quantitative estimate of drug-likeness (QED) is 0.285. The van der Waals surface area contributed by atoms with Crippen LogP contribution < -0.4 is 15.5 Å². The van der Waals surface area contributed by atoms with Gasteiger partial charge >= 0.3 is 0 Å². The van der Waals surface area contributed by atoms with Crippen molar-refractivity contribution in [3.8, 4) is 0 Å². The standard InChI is InChI=1S/C22H21ClFN9O/c23-13-8-16(20(34)26-14-5-6-17(24)25-10-14)33(11-13)22-28-19-2-1-7-32(19)21(29-22)27-18-9-15(30-31-18)12-3-4-12/h1-2,5-7,9-10,12-13,16H,3-4,8,11H2,(H,26,34)(H2,27,28,29,30,31)/t13-,16+/m1/s1. The number of nitrogens with one attached hydrogen (secondary N) is 3. The van der Waals surface area contributed by atoms with E-state index in [4.69, 9.17) is 16.6 Å². The number of H-pyrrole nitrogens is 1. The van der Waals surface area contributed by atoms with Gasteiger partial charge in [-0.05, 0) is 43.5 Å². The Morgan fingerprint density at radius 2 is 2.12 bits per heavy atom. The molecule has 2 fully saturated rings. The van der Waals surface area contributed by atoms with E-state index < -0.39 is 12.0 Å². The molecule has 0 spiro atoms. The molecule has 1 aliphatic carbocycles. The SMILES string of the molecule is O=C(Nc1ccc(F)nc1)[C@@H]1C[C@@H](Cl)CN1c1nc(Nc2cc(C3CC3)[nH]n2)n2cccc2n1. The lowest BCUT2D eigenvalue weighted by Gasteiger charge is -2.24. The van der Waals surface area contributed by atoms with E-state index in [1.54, 1.807) is 4.90 Å².